The van der Waals surface area contributed by atoms with Crippen LogP contribution in [0.5, 0.6) is 0 Å². The molecule has 0 N–H and O–H groups in total. The van der Waals surface area contributed by atoms with Gasteiger partial charge in [-0.25, -0.2) is 0 Å². The van der Waals surface area contributed by atoms with Gasteiger partial charge >= 0.3 is 0 Å². The first kappa shape index (κ1) is 11.6. The molecule has 0 radical (unpaired) electrons. The standard InChI is InChI=1S/C14H10Cl2N2/c15-12-3-1-2-10-5-7-18(14(10)12)9-11-4-6-17-8-13(11)16/h1-8H,9H2. The van der Waals surface area contributed by atoms with Crippen molar-refractivity contribution in [3.05, 3.63) is 64.5 Å². The van der Waals surface area contributed by atoms with Crippen LogP contribution in [0.25, 0.3) is 10.9 Å². The third-order valence-electron chi connectivity index (χ3n) is 2.94. The average Bonchev–Trinajstić information content (AvgIpc) is 2.77. The van der Waals surface area contributed by atoms with Crippen molar-refractivity contribution in [1.29, 1.82) is 0 Å². The molecular formula is C14H10Cl2N2. The summed E-state index contributed by atoms with van der Waals surface area (Å²) in [6.45, 7) is 0.689. The van der Waals surface area contributed by atoms with Crippen LogP contribution in [0, 0.1) is 0 Å². The van der Waals surface area contributed by atoms with Gasteiger partial charge in [0.25, 0.3) is 0 Å². The minimum atomic E-state index is 0.673. The second kappa shape index (κ2) is 4.63. The quantitative estimate of drug-likeness (QED) is 0.679. The molecule has 0 fully saturated rings. The SMILES string of the molecule is Clc1cnccc1Cn1ccc2cccc(Cl)c21. The summed E-state index contributed by atoms with van der Waals surface area (Å²) in [6.07, 6.45) is 5.42. The number of halogens is 2. The number of hydrogen-bond acceptors (Lipinski definition) is 1. The van der Waals surface area contributed by atoms with Gasteiger partial charge < -0.3 is 4.57 Å². The van der Waals surface area contributed by atoms with E-state index in [2.05, 4.69) is 15.6 Å². The van der Waals surface area contributed by atoms with Crippen LogP contribution in [0.15, 0.2) is 48.9 Å². The van der Waals surface area contributed by atoms with Gasteiger partial charge in [0.05, 0.1) is 15.6 Å². The van der Waals surface area contributed by atoms with Crippen molar-refractivity contribution in [2.45, 2.75) is 6.54 Å². The van der Waals surface area contributed by atoms with E-state index in [1.165, 1.54) is 0 Å². The zero-order valence-corrected chi connectivity index (χ0v) is 11.0. The summed E-state index contributed by atoms with van der Waals surface area (Å²) in [4.78, 5) is 3.99. The maximum Gasteiger partial charge on any atom is 0.0672 e. The molecule has 2 heterocycles. The van der Waals surface area contributed by atoms with E-state index in [0.29, 0.717) is 11.6 Å². The van der Waals surface area contributed by atoms with Gasteiger partial charge in [-0.3, -0.25) is 4.98 Å². The van der Waals surface area contributed by atoms with Crippen LogP contribution in [0.2, 0.25) is 10.0 Å². The fourth-order valence-electron chi connectivity index (χ4n) is 2.06. The van der Waals surface area contributed by atoms with E-state index in [-0.39, 0.29) is 0 Å². The maximum atomic E-state index is 6.24. The average molecular weight is 277 g/mol. The third kappa shape index (κ3) is 1.98. The first-order valence-corrected chi connectivity index (χ1v) is 6.33. The van der Waals surface area contributed by atoms with Gasteiger partial charge in [-0.1, -0.05) is 35.3 Å². The number of pyridine rings is 1. The topological polar surface area (TPSA) is 17.8 Å². The van der Waals surface area contributed by atoms with E-state index in [4.69, 9.17) is 23.2 Å². The highest BCUT2D eigenvalue weighted by atomic mass is 35.5. The van der Waals surface area contributed by atoms with Crippen molar-refractivity contribution in [1.82, 2.24) is 9.55 Å². The highest BCUT2D eigenvalue weighted by molar-refractivity contribution is 6.35. The molecule has 0 spiro atoms. The lowest BCUT2D eigenvalue weighted by Crippen LogP contribution is -1.99. The van der Waals surface area contributed by atoms with Gasteiger partial charge in [0.2, 0.25) is 0 Å². The monoisotopic (exact) mass is 276 g/mol. The van der Waals surface area contributed by atoms with E-state index in [0.717, 1.165) is 21.5 Å². The molecule has 0 bridgehead atoms. The molecule has 4 heteroatoms. The first-order chi connectivity index (χ1) is 8.75. The van der Waals surface area contributed by atoms with Gasteiger partial charge in [0.1, 0.15) is 0 Å². The number of fused-ring (bicyclic) bond motifs is 1. The van der Waals surface area contributed by atoms with E-state index < -0.39 is 0 Å². The molecule has 2 nitrogen and oxygen atoms in total. The predicted octanol–water partition coefficient (Wildman–Crippen LogP) is 4.39. The number of aromatic nitrogens is 2. The summed E-state index contributed by atoms with van der Waals surface area (Å²) in [5.41, 5.74) is 2.07. The normalized spacial score (nSPS) is 11.0. The van der Waals surface area contributed by atoms with Gasteiger partial charge in [0.15, 0.2) is 0 Å². The molecular weight excluding hydrogens is 267 g/mol. The smallest absolute Gasteiger partial charge is 0.0672 e. The minimum Gasteiger partial charge on any atom is -0.342 e. The Morgan fingerprint density at radius 2 is 1.94 bits per heavy atom. The van der Waals surface area contributed by atoms with Crippen molar-refractivity contribution in [3.8, 4) is 0 Å². The molecule has 0 saturated heterocycles. The molecule has 0 saturated carbocycles. The van der Waals surface area contributed by atoms with Gasteiger partial charge in [-0.2, -0.15) is 0 Å². The van der Waals surface area contributed by atoms with Crippen molar-refractivity contribution >= 4 is 34.1 Å². The number of hydrogen-bond donors (Lipinski definition) is 0. The molecule has 2 aromatic heterocycles. The lowest BCUT2D eigenvalue weighted by molar-refractivity contribution is 0.835. The van der Waals surface area contributed by atoms with Crippen LogP contribution < -0.4 is 0 Å². The molecule has 0 unspecified atom stereocenters. The van der Waals surface area contributed by atoms with Gasteiger partial charge in [-0.05, 0) is 23.8 Å². The highest BCUT2D eigenvalue weighted by Gasteiger charge is 2.07. The largest absolute Gasteiger partial charge is 0.342 e. The molecule has 0 aliphatic rings. The Kier molecular flexibility index (Phi) is 2.98. The lowest BCUT2D eigenvalue weighted by Gasteiger charge is -2.08. The molecule has 0 amide bonds. The number of rotatable bonds is 2. The molecule has 90 valence electrons. The molecule has 0 aliphatic heterocycles. The van der Waals surface area contributed by atoms with Crippen molar-refractivity contribution in [2.24, 2.45) is 0 Å². The Hall–Kier alpha value is -1.51. The summed E-state index contributed by atoms with van der Waals surface area (Å²) in [6, 6.07) is 9.87. The second-order valence-corrected chi connectivity index (χ2v) is 4.90. The summed E-state index contributed by atoms with van der Waals surface area (Å²) in [5, 5.41) is 2.56. The number of nitrogens with zero attached hydrogens (tertiary/aromatic N) is 2. The van der Waals surface area contributed by atoms with E-state index in [1.807, 2.05) is 30.5 Å². The Morgan fingerprint density at radius 3 is 2.78 bits per heavy atom. The predicted molar refractivity (Wildman–Crippen MR) is 75.3 cm³/mol. The molecule has 0 atom stereocenters. The maximum absolute atomic E-state index is 6.24. The van der Waals surface area contributed by atoms with Crippen LogP contribution in [0.4, 0.5) is 0 Å². The molecule has 1 aromatic carbocycles. The van der Waals surface area contributed by atoms with Crippen LogP contribution in [0.3, 0.4) is 0 Å². The summed E-state index contributed by atoms with van der Waals surface area (Å²) < 4.78 is 2.10. The van der Waals surface area contributed by atoms with E-state index >= 15 is 0 Å². The first-order valence-electron chi connectivity index (χ1n) is 5.57. The van der Waals surface area contributed by atoms with Crippen LogP contribution >= 0.6 is 23.2 Å². The Labute approximate surface area is 115 Å². The zero-order valence-electron chi connectivity index (χ0n) is 9.48. The minimum absolute atomic E-state index is 0.673. The Morgan fingerprint density at radius 1 is 1.06 bits per heavy atom. The second-order valence-electron chi connectivity index (χ2n) is 4.09. The Bertz CT molecular complexity index is 704. The van der Waals surface area contributed by atoms with Crippen molar-refractivity contribution in [3.63, 3.8) is 0 Å². The van der Waals surface area contributed by atoms with E-state index in [9.17, 15) is 0 Å². The van der Waals surface area contributed by atoms with Crippen molar-refractivity contribution in [2.75, 3.05) is 0 Å². The summed E-state index contributed by atoms with van der Waals surface area (Å²) in [7, 11) is 0. The number of benzene rings is 1. The third-order valence-corrected chi connectivity index (χ3v) is 3.58. The van der Waals surface area contributed by atoms with Crippen LogP contribution in [0.1, 0.15) is 5.56 Å². The van der Waals surface area contributed by atoms with Gasteiger partial charge in [-0.15, -0.1) is 0 Å². The fraction of sp³-hybridized carbons (Fsp3) is 0.0714. The Balaban J connectivity index is 2.09. The van der Waals surface area contributed by atoms with Crippen LogP contribution in [-0.2, 0) is 6.54 Å². The molecule has 0 aliphatic carbocycles. The molecule has 3 rings (SSSR count). The molecule has 18 heavy (non-hydrogen) atoms. The lowest BCUT2D eigenvalue weighted by atomic mass is 10.2. The van der Waals surface area contributed by atoms with Crippen LogP contribution in [-0.4, -0.2) is 9.55 Å². The molecule has 3 aromatic rings. The zero-order chi connectivity index (χ0) is 12.5. The fourth-order valence-corrected chi connectivity index (χ4v) is 2.53. The summed E-state index contributed by atoms with van der Waals surface area (Å²) >= 11 is 12.4. The van der Waals surface area contributed by atoms with E-state index in [1.54, 1.807) is 12.4 Å². The van der Waals surface area contributed by atoms with Gasteiger partial charge in [0, 0.05) is 30.5 Å². The number of para-hydroxylation sites is 1. The summed E-state index contributed by atoms with van der Waals surface area (Å²) in [5.74, 6) is 0. The van der Waals surface area contributed by atoms with Crippen molar-refractivity contribution < 1.29 is 0 Å². The highest BCUT2D eigenvalue weighted by Crippen LogP contribution is 2.26.